The predicted molar refractivity (Wildman–Crippen MR) is 187 cm³/mol. The summed E-state index contributed by atoms with van der Waals surface area (Å²) >= 11 is 12.8. The number of phenols is 1. The van der Waals surface area contributed by atoms with Gasteiger partial charge in [-0.05, 0) is 91.5 Å². The normalized spacial score (nSPS) is 18.6. The molecule has 3 saturated heterocycles. The van der Waals surface area contributed by atoms with Crippen molar-refractivity contribution in [3.63, 3.8) is 0 Å². The quantitative estimate of drug-likeness (QED) is 0.102. The third-order valence-corrected chi connectivity index (χ3v) is 9.86. The van der Waals surface area contributed by atoms with Crippen molar-refractivity contribution in [2.75, 3.05) is 38.8 Å². The number of halogens is 2. The van der Waals surface area contributed by atoms with Gasteiger partial charge < -0.3 is 29.3 Å². The van der Waals surface area contributed by atoms with E-state index in [0.29, 0.717) is 51.1 Å². The van der Waals surface area contributed by atoms with Crippen LogP contribution in [0.1, 0.15) is 46.0 Å². The van der Waals surface area contributed by atoms with Crippen molar-refractivity contribution >= 4 is 41.0 Å². The lowest BCUT2D eigenvalue weighted by Gasteiger charge is -2.44. The fourth-order valence-corrected chi connectivity index (χ4v) is 7.10. The van der Waals surface area contributed by atoms with Gasteiger partial charge in [0.05, 0.1) is 26.3 Å². The van der Waals surface area contributed by atoms with E-state index in [9.17, 15) is 19.9 Å². The monoisotopic (exact) mass is 721 g/mol. The summed E-state index contributed by atoms with van der Waals surface area (Å²) in [5.74, 6) is 0.667. The van der Waals surface area contributed by atoms with Gasteiger partial charge in [-0.15, -0.1) is 0 Å². The van der Waals surface area contributed by atoms with Crippen molar-refractivity contribution < 1.29 is 38.4 Å². The van der Waals surface area contributed by atoms with Gasteiger partial charge in [0.25, 0.3) is 0 Å². The number of fused-ring (bicyclic) bond motifs is 3. The van der Waals surface area contributed by atoms with E-state index in [-0.39, 0.29) is 40.4 Å². The molecule has 2 atom stereocenters. The van der Waals surface area contributed by atoms with Crippen LogP contribution in [-0.4, -0.2) is 62.0 Å². The molecular weight excluding hydrogens is 685 g/mol. The Morgan fingerprint density at radius 2 is 1.68 bits per heavy atom. The molecule has 0 spiro atoms. The van der Waals surface area contributed by atoms with Gasteiger partial charge >= 0.3 is 12.1 Å². The minimum atomic E-state index is -0.895. The first-order valence-electron chi connectivity index (χ1n) is 16.2. The van der Waals surface area contributed by atoms with Crippen LogP contribution >= 0.6 is 23.2 Å². The van der Waals surface area contributed by atoms with E-state index < -0.39 is 18.2 Å². The molecule has 7 rings (SSSR count). The zero-order valence-electron chi connectivity index (χ0n) is 27.6. The van der Waals surface area contributed by atoms with E-state index in [1.54, 1.807) is 54.6 Å². The van der Waals surface area contributed by atoms with Crippen molar-refractivity contribution in [3.05, 3.63) is 117 Å². The number of piperidine rings is 3. The number of aromatic hydroxyl groups is 1. The largest absolute Gasteiger partial charge is 0.619 e. The zero-order chi connectivity index (χ0) is 35.4. The van der Waals surface area contributed by atoms with Gasteiger partial charge in [-0.25, -0.2) is 9.59 Å². The number of esters is 1. The maximum absolute atomic E-state index is 13.8. The second kappa shape index (κ2) is 15.5. The smallest absolute Gasteiger partial charge is 0.414 e. The highest BCUT2D eigenvalue weighted by Gasteiger charge is 2.37. The highest BCUT2D eigenvalue weighted by Crippen LogP contribution is 2.36. The van der Waals surface area contributed by atoms with Crippen LogP contribution < -0.4 is 19.1 Å². The molecule has 50 heavy (non-hydrogen) atoms. The van der Waals surface area contributed by atoms with Crippen molar-refractivity contribution in [3.8, 4) is 17.2 Å². The number of anilines is 1. The first kappa shape index (κ1) is 35.1. The van der Waals surface area contributed by atoms with E-state index in [1.165, 1.54) is 43.6 Å². The zero-order valence-corrected chi connectivity index (χ0v) is 29.1. The van der Waals surface area contributed by atoms with E-state index in [4.69, 9.17) is 42.1 Å². The van der Waals surface area contributed by atoms with Crippen LogP contribution in [0.4, 0.5) is 10.5 Å². The van der Waals surface area contributed by atoms with Gasteiger partial charge in [-0.3, -0.25) is 9.80 Å². The molecule has 3 aliphatic rings. The van der Waals surface area contributed by atoms with Crippen LogP contribution in [0.5, 0.6) is 17.2 Å². The van der Waals surface area contributed by atoms with Crippen LogP contribution in [0, 0.1) is 11.1 Å². The number of hydrogen-bond donors (Lipinski definition) is 1. The minimum Gasteiger partial charge on any atom is -0.619 e. The summed E-state index contributed by atoms with van der Waals surface area (Å²) in [7, 11) is 3.02. The topological polar surface area (TPSA) is 125 Å². The summed E-state index contributed by atoms with van der Waals surface area (Å²) in [6.45, 7) is 2.83. The minimum absolute atomic E-state index is 0.0550. The Morgan fingerprint density at radius 3 is 2.32 bits per heavy atom. The summed E-state index contributed by atoms with van der Waals surface area (Å²) in [4.78, 5) is 31.3. The Kier molecular flexibility index (Phi) is 10.9. The Bertz CT molecular complexity index is 1830. The fraction of sp³-hybridized carbons (Fsp3) is 0.324. The predicted octanol–water partition coefficient (Wildman–Crippen LogP) is 6.73. The molecule has 1 amide bonds. The Hall–Kier alpha value is -4.71. The molecule has 1 N–H and O–H groups in total. The molecule has 262 valence electrons. The average molecular weight is 723 g/mol. The van der Waals surface area contributed by atoms with Crippen molar-refractivity contribution in [1.82, 2.24) is 4.90 Å². The molecule has 0 radical (unpaired) electrons. The number of methoxy groups -OCH3 is 2. The number of carbonyl (C=O) groups excluding carboxylic acids is 2. The highest BCUT2D eigenvalue weighted by molar-refractivity contribution is 6.35. The number of carbonyl (C=O) groups is 2. The fourth-order valence-electron chi connectivity index (χ4n) is 6.50. The summed E-state index contributed by atoms with van der Waals surface area (Å²) < 4.78 is 23.5. The van der Waals surface area contributed by atoms with Crippen LogP contribution in [0.2, 0.25) is 10.0 Å². The number of nitrogens with zero attached hydrogens (tertiary/aromatic N) is 3. The maximum Gasteiger partial charge on any atom is 0.414 e. The number of ether oxygens (including phenoxy) is 4. The Morgan fingerprint density at radius 1 is 0.980 bits per heavy atom. The summed E-state index contributed by atoms with van der Waals surface area (Å²) in [6, 6.07) is 18.2. The molecule has 0 aliphatic carbocycles. The second-order valence-corrected chi connectivity index (χ2v) is 13.2. The third-order valence-electron chi connectivity index (χ3n) is 9.21. The van der Waals surface area contributed by atoms with E-state index in [1.807, 2.05) is 0 Å². The third kappa shape index (κ3) is 8.01. The molecular formula is C37H37Cl2N3O8. The molecule has 0 saturated carbocycles. The lowest BCUT2D eigenvalue weighted by atomic mass is 9.86. The van der Waals surface area contributed by atoms with Crippen LogP contribution in [0.3, 0.4) is 0 Å². The van der Waals surface area contributed by atoms with Crippen LogP contribution in [0.25, 0.3) is 0 Å². The molecule has 13 heteroatoms. The van der Waals surface area contributed by atoms with E-state index in [0.717, 1.165) is 25.9 Å². The lowest BCUT2D eigenvalue weighted by molar-refractivity contribution is -0.605. The number of phenolic OH excluding ortho intramolecular Hbond substituents is 1. The first-order valence-corrected chi connectivity index (χ1v) is 17.0. The number of aromatic nitrogens is 1. The molecule has 3 aliphatic heterocycles. The number of amides is 1. The van der Waals surface area contributed by atoms with Gasteiger partial charge in [0.1, 0.15) is 28.0 Å². The lowest BCUT2D eigenvalue weighted by Crippen LogP contribution is -2.53. The molecule has 4 heterocycles. The molecule has 1 aromatic heterocycles. The molecule has 0 unspecified atom stereocenters. The highest BCUT2D eigenvalue weighted by atomic mass is 35.5. The van der Waals surface area contributed by atoms with E-state index in [2.05, 4.69) is 4.90 Å². The number of benzene rings is 3. The van der Waals surface area contributed by atoms with Crippen molar-refractivity contribution in [2.45, 2.75) is 38.0 Å². The maximum atomic E-state index is 13.8. The van der Waals surface area contributed by atoms with Gasteiger partial charge in [-0.1, -0.05) is 41.4 Å². The molecule has 4 aromatic rings. The number of rotatable bonds is 11. The Balaban J connectivity index is 1.26. The first-order chi connectivity index (χ1) is 24.1. The standard InChI is InChI=1S/C37H37Cl2N3O8/c1-47-32-11-6-25(17-34(32)48-2)33(18-29-30(38)20-41(46)21-31(29)39)49-36(44)26-5-3-4-23(16-26)19-42(27-7-9-28(43)10-8-27)37(45)50-35-22-40-14-12-24(35)13-15-40/h3-11,16-17,20-21,24,33,35,43H,12-15,18-19,22H2,1-2H3/t33-,35-/m0/s1. The molecule has 11 nitrogen and oxygen atoms in total. The molecule has 3 fully saturated rings. The van der Waals surface area contributed by atoms with Crippen LogP contribution in [-0.2, 0) is 22.4 Å². The molecule has 3 aromatic carbocycles. The van der Waals surface area contributed by atoms with E-state index >= 15 is 0 Å². The number of hydrogen-bond acceptors (Lipinski definition) is 9. The Labute approximate surface area is 300 Å². The van der Waals surface area contributed by atoms with Gasteiger partial charge in [-0.2, -0.15) is 4.73 Å². The van der Waals surface area contributed by atoms with Crippen molar-refractivity contribution in [1.29, 1.82) is 0 Å². The summed E-state index contributed by atoms with van der Waals surface area (Å²) in [5, 5.41) is 22.1. The second-order valence-electron chi connectivity index (χ2n) is 12.4. The van der Waals surface area contributed by atoms with Gasteiger partial charge in [0, 0.05) is 24.2 Å². The SMILES string of the molecule is COc1ccc([C@H](Cc2c(Cl)c[n+]([O-])cc2Cl)OC(=O)c2cccc(CN(C(=O)O[C@H]3CN4CCC3CC4)c3ccc(O)cc3)c2)cc1OC. The summed E-state index contributed by atoms with van der Waals surface area (Å²) in [5.41, 5.74) is 2.42. The van der Waals surface area contributed by atoms with Crippen LogP contribution in [0.15, 0.2) is 79.1 Å². The van der Waals surface area contributed by atoms with Gasteiger partial charge in [0.15, 0.2) is 23.9 Å². The number of pyridine rings is 1. The average Bonchev–Trinajstić information content (AvgIpc) is 3.12. The summed E-state index contributed by atoms with van der Waals surface area (Å²) in [6.07, 6.45) is 2.80. The van der Waals surface area contributed by atoms with Gasteiger partial charge in [0.2, 0.25) is 0 Å². The molecule has 2 bridgehead atoms. The van der Waals surface area contributed by atoms with Crippen molar-refractivity contribution in [2.24, 2.45) is 5.92 Å².